The summed E-state index contributed by atoms with van der Waals surface area (Å²) < 4.78 is 14.5. The Bertz CT molecular complexity index is 2490. The first-order valence-corrected chi connectivity index (χ1v) is 15.8. The SMILES string of the molecule is N#Cc1ccc2c(c1)c1ccccc1n2-c1ccc2c(c1)-c1cc(-c3cc(-c4ccccc4)nc(-c4ccccc4)c3)ccc1OCO2. The largest absolute Gasteiger partial charge is 0.457 e. The van der Waals surface area contributed by atoms with Crippen LogP contribution in [0, 0.1) is 11.3 Å². The smallest absolute Gasteiger partial charge is 0.230 e. The van der Waals surface area contributed by atoms with Crippen LogP contribution in [-0.2, 0) is 0 Å². The lowest BCUT2D eigenvalue weighted by Gasteiger charge is -2.14. The van der Waals surface area contributed by atoms with Crippen molar-refractivity contribution in [1.29, 1.82) is 5.26 Å². The molecule has 0 saturated heterocycles. The van der Waals surface area contributed by atoms with Gasteiger partial charge < -0.3 is 14.0 Å². The van der Waals surface area contributed by atoms with Gasteiger partial charge in [-0.3, -0.25) is 0 Å². The number of hydrogen-bond donors (Lipinski definition) is 0. The second-order valence-electron chi connectivity index (χ2n) is 11.9. The van der Waals surface area contributed by atoms with Gasteiger partial charge in [-0.05, 0) is 77.9 Å². The average Bonchev–Trinajstić information content (AvgIpc) is 3.37. The molecule has 2 aromatic heterocycles. The molecular weight excluding hydrogens is 590 g/mol. The van der Waals surface area contributed by atoms with E-state index in [4.69, 9.17) is 14.5 Å². The first-order valence-electron chi connectivity index (χ1n) is 15.8. The standard InChI is InChI=1S/C43H27N3O2/c44-26-28-15-18-41-35(21-28)34-13-7-8-14-40(34)46(41)33-17-20-43-37(25-33)36-22-31(16-19-42(36)47-27-48-43)32-23-38(29-9-3-1-4-10-29)45-39(24-32)30-11-5-2-6-12-30/h1-25H,27H2. The summed E-state index contributed by atoms with van der Waals surface area (Å²) in [6.07, 6.45) is 0. The Labute approximate surface area is 277 Å². The highest BCUT2D eigenvalue weighted by atomic mass is 16.7. The van der Waals surface area contributed by atoms with Crippen LogP contribution in [0.3, 0.4) is 0 Å². The molecule has 1 aliphatic rings. The van der Waals surface area contributed by atoms with Crippen LogP contribution in [0.2, 0.25) is 0 Å². The van der Waals surface area contributed by atoms with Crippen LogP contribution >= 0.6 is 0 Å². The number of nitriles is 1. The number of fused-ring (bicyclic) bond motifs is 6. The monoisotopic (exact) mass is 617 g/mol. The van der Waals surface area contributed by atoms with Gasteiger partial charge in [-0.15, -0.1) is 0 Å². The number of hydrogen-bond acceptors (Lipinski definition) is 4. The Morgan fingerprint density at radius 1 is 0.521 bits per heavy atom. The third-order valence-electron chi connectivity index (χ3n) is 9.02. The molecular formula is C43H27N3O2. The van der Waals surface area contributed by atoms with E-state index in [0.717, 1.165) is 83.8 Å². The molecule has 6 aromatic carbocycles. The van der Waals surface area contributed by atoms with Gasteiger partial charge in [0, 0.05) is 38.7 Å². The maximum absolute atomic E-state index is 9.61. The Kier molecular flexibility index (Phi) is 6.51. The molecule has 226 valence electrons. The van der Waals surface area contributed by atoms with Crippen molar-refractivity contribution in [2.45, 2.75) is 0 Å². The van der Waals surface area contributed by atoms with Crippen LogP contribution < -0.4 is 9.47 Å². The van der Waals surface area contributed by atoms with E-state index in [1.54, 1.807) is 0 Å². The molecule has 5 nitrogen and oxygen atoms in total. The van der Waals surface area contributed by atoms with E-state index < -0.39 is 0 Å². The molecule has 0 saturated carbocycles. The van der Waals surface area contributed by atoms with Crippen LogP contribution in [0.15, 0.2) is 152 Å². The Morgan fingerprint density at radius 2 is 1.15 bits per heavy atom. The highest BCUT2D eigenvalue weighted by Crippen LogP contribution is 2.44. The van der Waals surface area contributed by atoms with Crippen molar-refractivity contribution in [3.05, 3.63) is 157 Å². The van der Waals surface area contributed by atoms with Crippen molar-refractivity contribution in [1.82, 2.24) is 9.55 Å². The number of pyridine rings is 1. The molecule has 0 N–H and O–H groups in total. The lowest BCUT2D eigenvalue weighted by molar-refractivity contribution is 0.125. The van der Waals surface area contributed by atoms with Gasteiger partial charge in [-0.25, -0.2) is 4.98 Å². The van der Waals surface area contributed by atoms with Crippen molar-refractivity contribution in [3.63, 3.8) is 0 Å². The maximum atomic E-state index is 9.61. The average molecular weight is 618 g/mol. The minimum Gasteiger partial charge on any atom is -0.457 e. The third kappa shape index (κ3) is 4.67. The summed E-state index contributed by atoms with van der Waals surface area (Å²) in [4.78, 5) is 5.07. The third-order valence-corrected chi connectivity index (χ3v) is 9.02. The lowest BCUT2D eigenvalue weighted by atomic mass is 9.95. The number of nitrogens with zero attached hydrogens (tertiary/aromatic N) is 3. The molecule has 0 spiro atoms. The highest BCUT2D eigenvalue weighted by molar-refractivity contribution is 6.09. The molecule has 0 radical (unpaired) electrons. The fraction of sp³-hybridized carbons (Fsp3) is 0.0233. The fourth-order valence-corrected chi connectivity index (χ4v) is 6.73. The molecule has 0 fully saturated rings. The molecule has 0 aliphatic carbocycles. The molecule has 48 heavy (non-hydrogen) atoms. The van der Waals surface area contributed by atoms with Gasteiger partial charge in [0.1, 0.15) is 11.5 Å². The molecule has 0 unspecified atom stereocenters. The summed E-state index contributed by atoms with van der Waals surface area (Å²) in [5, 5.41) is 11.8. The van der Waals surface area contributed by atoms with Crippen LogP contribution in [-0.4, -0.2) is 16.3 Å². The summed E-state index contributed by atoms with van der Waals surface area (Å²) in [6, 6.07) is 54.0. The van der Waals surface area contributed by atoms with Crippen LogP contribution in [0.5, 0.6) is 11.5 Å². The van der Waals surface area contributed by atoms with E-state index in [-0.39, 0.29) is 6.79 Å². The van der Waals surface area contributed by atoms with E-state index in [1.165, 1.54) is 0 Å². The van der Waals surface area contributed by atoms with Crippen molar-refractivity contribution < 1.29 is 9.47 Å². The molecule has 8 aromatic rings. The predicted molar refractivity (Wildman–Crippen MR) is 191 cm³/mol. The fourth-order valence-electron chi connectivity index (χ4n) is 6.73. The number of benzene rings is 6. The van der Waals surface area contributed by atoms with Crippen molar-refractivity contribution in [2.75, 3.05) is 6.79 Å². The zero-order chi connectivity index (χ0) is 32.0. The minimum absolute atomic E-state index is 0.122. The molecule has 0 bridgehead atoms. The van der Waals surface area contributed by atoms with E-state index in [9.17, 15) is 5.26 Å². The van der Waals surface area contributed by atoms with Gasteiger partial charge in [-0.1, -0.05) is 84.9 Å². The maximum Gasteiger partial charge on any atom is 0.230 e. The van der Waals surface area contributed by atoms with Crippen molar-refractivity contribution >= 4 is 21.8 Å². The van der Waals surface area contributed by atoms with Gasteiger partial charge in [0.05, 0.1) is 34.1 Å². The normalized spacial score (nSPS) is 12.0. The summed E-state index contributed by atoms with van der Waals surface area (Å²) in [6.45, 7) is 0.122. The molecule has 1 aliphatic heterocycles. The van der Waals surface area contributed by atoms with Gasteiger partial charge in [-0.2, -0.15) is 5.26 Å². The number of aromatic nitrogens is 2. The van der Waals surface area contributed by atoms with Crippen LogP contribution in [0.1, 0.15) is 5.56 Å². The quantitative estimate of drug-likeness (QED) is 0.197. The van der Waals surface area contributed by atoms with Gasteiger partial charge >= 0.3 is 0 Å². The first kappa shape index (κ1) is 27.7. The van der Waals surface area contributed by atoms with E-state index >= 15 is 0 Å². The molecule has 5 heteroatoms. The van der Waals surface area contributed by atoms with E-state index in [1.807, 2.05) is 78.9 Å². The highest BCUT2D eigenvalue weighted by Gasteiger charge is 2.21. The zero-order valence-corrected chi connectivity index (χ0v) is 25.8. The topological polar surface area (TPSA) is 60.1 Å². The molecule has 0 atom stereocenters. The van der Waals surface area contributed by atoms with Crippen LogP contribution in [0.25, 0.3) is 72.3 Å². The minimum atomic E-state index is 0.122. The van der Waals surface area contributed by atoms with E-state index in [2.05, 4.69) is 83.4 Å². The van der Waals surface area contributed by atoms with E-state index in [0.29, 0.717) is 5.56 Å². The summed E-state index contributed by atoms with van der Waals surface area (Å²) in [5.74, 6) is 1.52. The van der Waals surface area contributed by atoms with Gasteiger partial charge in [0.2, 0.25) is 6.79 Å². The second kappa shape index (κ2) is 11.3. The summed E-state index contributed by atoms with van der Waals surface area (Å²) >= 11 is 0. The first-order chi connectivity index (χ1) is 23.7. The zero-order valence-electron chi connectivity index (χ0n) is 25.8. The summed E-state index contributed by atoms with van der Waals surface area (Å²) in [7, 11) is 0. The number of rotatable bonds is 4. The summed E-state index contributed by atoms with van der Waals surface area (Å²) in [5.41, 5.74) is 11.7. The number of para-hydroxylation sites is 1. The Balaban J connectivity index is 1.23. The van der Waals surface area contributed by atoms with Crippen LogP contribution in [0.4, 0.5) is 0 Å². The molecule has 9 rings (SSSR count). The molecule has 0 amide bonds. The molecule has 3 heterocycles. The van der Waals surface area contributed by atoms with Crippen molar-refractivity contribution in [3.8, 4) is 68.0 Å². The van der Waals surface area contributed by atoms with Gasteiger partial charge in [0.15, 0.2) is 0 Å². The predicted octanol–water partition coefficient (Wildman–Crippen LogP) is 10.4. The van der Waals surface area contributed by atoms with Gasteiger partial charge in [0.25, 0.3) is 0 Å². The Morgan fingerprint density at radius 3 is 1.85 bits per heavy atom. The number of ether oxygens (including phenoxy) is 2. The van der Waals surface area contributed by atoms with Crippen molar-refractivity contribution in [2.24, 2.45) is 0 Å². The Hall–Kier alpha value is -6.64. The second-order valence-corrected chi connectivity index (χ2v) is 11.9. The lowest BCUT2D eigenvalue weighted by Crippen LogP contribution is -2.03.